The van der Waals surface area contributed by atoms with E-state index in [0.29, 0.717) is 30.4 Å². The van der Waals surface area contributed by atoms with E-state index in [-0.39, 0.29) is 12.6 Å². The van der Waals surface area contributed by atoms with E-state index < -0.39 is 0 Å². The fourth-order valence-corrected chi connectivity index (χ4v) is 1.70. The van der Waals surface area contributed by atoms with E-state index in [1.54, 1.807) is 18.2 Å². The minimum absolute atomic E-state index is 0.243. The van der Waals surface area contributed by atoms with Gasteiger partial charge < -0.3 is 20.1 Å². The number of carbonyl (C=O) groups excluding carboxylic acids is 1. The Balaban J connectivity index is 2.56. The third-order valence-corrected chi connectivity index (χ3v) is 2.63. The summed E-state index contributed by atoms with van der Waals surface area (Å²) in [6.07, 6.45) is 0. The van der Waals surface area contributed by atoms with E-state index in [1.165, 1.54) is 0 Å². The van der Waals surface area contributed by atoms with Gasteiger partial charge >= 0.3 is 5.97 Å². The SMILES string of the molecule is CC(C)COCCOC(=O)c1cc(N)ccc1N(C)C. The molecule has 1 aromatic rings. The van der Waals surface area contributed by atoms with Gasteiger partial charge in [-0.1, -0.05) is 13.8 Å². The van der Waals surface area contributed by atoms with E-state index in [4.69, 9.17) is 15.2 Å². The van der Waals surface area contributed by atoms with Gasteiger partial charge in [-0.3, -0.25) is 0 Å². The molecule has 0 saturated heterocycles. The fourth-order valence-electron chi connectivity index (χ4n) is 1.70. The number of rotatable bonds is 7. The van der Waals surface area contributed by atoms with Crippen LogP contribution in [-0.4, -0.2) is 39.9 Å². The molecule has 112 valence electrons. The molecule has 0 spiro atoms. The Labute approximate surface area is 120 Å². The standard InChI is InChI=1S/C15H24N2O3/c1-11(2)10-19-7-8-20-15(18)13-9-12(16)5-6-14(13)17(3)4/h5-6,9,11H,7-8,10,16H2,1-4H3. The van der Waals surface area contributed by atoms with E-state index in [9.17, 15) is 4.79 Å². The molecule has 5 heteroatoms. The molecule has 0 aromatic heterocycles. The number of carbonyl (C=O) groups is 1. The van der Waals surface area contributed by atoms with Gasteiger partial charge in [0, 0.05) is 26.4 Å². The summed E-state index contributed by atoms with van der Waals surface area (Å²) >= 11 is 0. The minimum atomic E-state index is -0.380. The second kappa shape index (κ2) is 7.75. The Kier molecular flexibility index (Phi) is 6.31. The van der Waals surface area contributed by atoms with Crippen LogP contribution in [-0.2, 0) is 9.47 Å². The number of esters is 1. The molecule has 0 aliphatic rings. The van der Waals surface area contributed by atoms with Crippen LogP contribution in [0, 0.1) is 5.92 Å². The molecule has 0 aliphatic carbocycles. The number of benzene rings is 1. The average Bonchev–Trinajstić information content (AvgIpc) is 2.37. The first kappa shape index (κ1) is 16.3. The highest BCUT2D eigenvalue weighted by Gasteiger charge is 2.14. The van der Waals surface area contributed by atoms with Gasteiger partial charge in [-0.2, -0.15) is 0 Å². The number of ether oxygens (including phenoxy) is 2. The lowest BCUT2D eigenvalue weighted by Crippen LogP contribution is -2.17. The Morgan fingerprint density at radius 1 is 1.30 bits per heavy atom. The lowest BCUT2D eigenvalue weighted by Gasteiger charge is -2.17. The lowest BCUT2D eigenvalue weighted by atomic mass is 10.1. The van der Waals surface area contributed by atoms with Crippen molar-refractivity contribution in [1.29, 1.82) is 0 Å². The third-order valence-electron chi connectivity index (χ3n) is 2.63. The van der Waals surface area contributed by atoms with Crippen molar-refractivity contribution in [2.75, 3.05) is 44.5 Å². The molecule has 0 aliphatic heterocycles. The van der Waals surface area contributed by atoms with Crippen LogP contribution in [0.5, 0.6) is 0 Å². The molecule has 2 N–H and O–H groups in total. The highest BCUT2D eigenvalue weighted by atomic mass is 16.6. The van der Waals surface area contributed by atoms with Crippen LogP contribution in [0.3, 0.4) is 0 Å². The van der Waals surface area contributed by atoms with Crippen molar-refractivity contribution in [1.82, 2.24) is 0 Å². The zero-order valence-corrected chi connectivity index (χ0v) is 12.7. The summed E-state index contributed by atoms with van der Waals surface area (Å²) in [4.78, 5) is 13.9. The summed E-state index contributed by atoms with van der Waals surface area (Å²) in [5.74, 6) is 0.0918. The van der Waals surface area contributed by atoms with E-state index in [2.05, 4.69) is 13.8 Å². The molecule has 0 bridgehead atoms. The summed E-state index contributed by atoms with van der Waals surface area (Å²) in [5, 5.41) is 0. The highest BCUT2D eigenvalue weighted by Crippen LogP contribution is 2.22. The van der Waals surface area contributed by atoms with Crippen LogP contribution in [0.1, 0.15) is 24.2 Å². The fraction of sp³-hybridized carbons (Fsp3) is 0.533. The summed E-state index contributed by atoms with van der Waals surface area (Å²) in [6.45, 7) is 5.46. The number of hydrogen-bond donors (Lipinski definition) is 1. The zero-order chi connectivity index (χ0) is 15.1. The normalized spacial score (nSPS) is 10.7. The first-order chi connectivity index (χ1) is 9.41. The summed E-state index contributed by atoms with van der Waals surface area (Å²) in [5.41, 5.74) is 7.52. The number of nitrogen functional groups attached to an aromatic ring is 1. The van der Waals surface area contributed by atoms with Crippen LogP contribution in [0.4, 0.5) is 11.4 Å². The van der Waals surface area contributed by atoms with Gasteiger partial charge in [-0.15, -0.1) is 0 Å². The quantitative estimate of drug-likeness (QED) is 0.471. The molecule has 20 heavy (non-hydrogen) atoms. The maximum Gasteiger partial charge on any atom is 0.340 e. The van der Waals surface area contributed by atoms with Gasteiger partial charge in [0.1, 0.15) is 6.61 Å². The number of hydrogen-bond acceptors (Lipinski definition) is 5. The molecule has 0 radical (unpaired) electrons. The van der Waals surface area contributed by atoms with E-state index in [1.807, 2.05) is 19.0 Å². The second-order valence-electron chi connectivity index (χ2n) is 5.28. The van der Waals surface area contributed by atoms with Crippen LogP contribution in [0.15, 0.2) is 18.2 Å². The molecule has 0 unspecified atom stereocenters. The number of nitrogens with two attached hydrogens (primary N) is 1. The summed E-state index contributed by atoms with van der Waals surface area (Å²) in [7, 11) is 3.74. The number of nitrogens with zero attached hydrogens (tertiary/aromatic N) is 1. The maximum absolute atomic E-state index is 12.1. The number of anilines is 2. The molecular formula is C15H24N2O3. The van der Waals surface area contributed by atoms with E-state index in [0.717, 1.165) is 5.69 Å². The summed E-state index contributed by atoms with van der Waals surface area (Å²) < 4.78 is 10.6. The zero-order valence-electron chi connectivity index (χ0n) is 12.7. The van der Waals surface area contributed by atoms with Gasteiger partial charge in [0.05, 0.1) is 17.9 Å². The van der Waals surface area contributed by atoms with Crippen LogP contribution < -0.4 is 10.6 Å². The Morgan fingerprint density at radius 2 is 2.00 bits per heavy atom. The molecule has 1 rings (SSSR count). The Morgan fingerprint density at radius 3 is 2.60 bits per heavy atom. The highest BCUT2D eigenvalue weighted by molar-refractivity contribution is 5.96. The minimum Gasteiger partial charge on any atom is -0.460 e. The first-order valence-electron chi connectivity index (χ1n) is 6.73. The molecule has 0 fully saturated rings. The maximum atomic E-state index is 12.1. The second-order valence-corrected chi connectivity index (χ2v) is 5.28. The van der Waals surface area contributed by atoms with Gasteiger partial charge in [0.15, 0.2) is 0 Å². The Bertz CT molecular complexity index is 445. The molecular weight excluding hydrogens is 256 g/mol. The smallest absolute Gasteiger partial charge is 0.340 e. The van der Waals surface area contributed by atoms with E-state index >= 15 is 0 Å². The van der Waals surface area contributed by atoms with Crippen LogP contribution in [0.25, 0.3) is 0 Å². The van der Waals surface area contributed by atoms with Crippen molar-refractivity contribution in [3.05, 3.63) is 23.8 Å². The topological polar surface area (TPSA) is 64.8 Å². The average molecular weight is 280 g/mol. The van der Waals surface area contributed by atoms with Crippen LogP contribution in [0.2, 0.25) is 0 Å². The van der Waals surface area contributed by atoms with Crippen molar-refractivity contribution < 1.29 is 14.3 Å². The van der Waals surface area contributed by atoms with Gasteiger partial charge in [0.2, 0.25) is 0 Å². The third kappa shape index (κ3) is 5.09. The van der Waals surface area contributed by atoms with Crippen molar-refractivity contribution >= 4 is 17.3 Å². The lowest BCUT2D eigenvalue weighted by molar-refractivity contribution is 0.0278. The van der Waals surface area contributed by atoms with Crippen molar-refractivity contribution in [3.63, 3.8) is 0 Å². The largest absolute Gasteiger partial charge is 0.460 e. The summed E-state index contributed by atoms with van der Waals surface area (Å²) in [6, 6.07) is 5.20. The molecule has 0 atom stereocenters. The molecule has 0 amide bonds. The van der Waals surface area contributed by atoms with Crippen molar-refractivity contribution in [2.45, 2.75) is 13.8 Å². The molecule has 5 nitrogen and oxygen atoms in total. The van der Waals surface area contributed by atoms with Gasteiger partial charge in [0.25, 0.3) is 0 Å². The Hall–Kier alpha value is -1.75. The molecule has 1 aromatic carbocycles. The molecule has 0 saturated carbocycles. The van der Waals surface area contributed by atoms with Crippen molar-refractivity contribution in [3.8, 4) is 0 Å². The van der Waals surface area contributed by atoms with Crippen molar-refractivity contribution in [2.24, 2.45) is 5.92 Å². The predicted molar refractivity (Wildman–Crippen MR) is 81.1 cm³/mol. The predicted octanol–water partition coefficient (Wildman–Crippen LogP) is 2.16. The molecule has 0 heterocycles. The first-order valence-corrected chi connectivity index (χ1v) is 6.73. The monoisotopic (exact) mass is 280 g/mol. The van der Waals surface area contributed by atoms with Crippen LogP contribution >= 0.6 is 0 Å². The van der Waals surface area contributed by atoms with Gasteiger partial charge in [-0.05, 0) is 24.1 Å². The van der Waals surface area contributed by atoms with Gasteiger partial charge in [-0.25, -0.2) is 4.79 Å².